The molecule has 0 fully saturated rings. The summed E-state index contributed by atoms with van der Waals surface area (Å²) >= 11 is 3.97. The molecule has 0 aliphatic rings. The number of aromatic amines is 1. The number of phenols is 1. The molecule has 4 rings (SSSR count). The predicted molar refractivity (Wildman–Crippen MR) is 371 cm³/mol. The van der Waals surface area contributed by atoms with Gasteiger partial charge >= 0.3 is 5.97 Å². The van der Waals surface area contributed by atoms with Gasteiger partial charge in [-0.15, -0.1) is 0 Å². The van der Waals surface area contributed by atoms with Gasteiger partial charge in [0.15, 0.2) is 0 Å². The number of nitrogens with zero attached hydrogens (tertiary/aromatic N) is 1. The number of aliphatic carboxylic acids is 1. The lowest BCUT2D eigenvalue weighted by molar-refractivity contribution is -0.141. The minimum atomic E-state index is -1.89. The number of carbonyl (C=O) groups excluding carboxylic acids is 12. The molecule has 552 valence electrons. The normalized spacial score (nSPS) is 15.3. The highest BCUT2D eigenvalue weighted by Crippen LogP contribution is 2.16. The molecule has 0 aliphatic carbocycles. The number of carbonyl (C=O) groups is 13. The van der Waals surface area contributed by atoms with Crippen molar-refractivity contribution in [3.05, 3.63) is 120 Å². The van der Waals surface area contributed by atoms with Crippen molar-refractivity contribution < 1.29 is 82.8 Å². The first-order valence-electron chi connectivity index (χ1n) is 33.0. The van der Waals surface area contributed by atoms with Gasteiger partial charge in [0.1, 0.15) is 72.2 Å². The van der Waals surface area contributed by atoms with Gasteiger partial charge in [-0.25, -0.2) is 9.78 Å². The zero-order chi connectivity index (χ0) is 74.9. The van der Waals surface area contributed by atoms with E-state index in [1.807, 2.05) is 0 Å². The van der Waals surface area contributed by atoms with Crippen molar-refractivity contribution in [3.8, 4) is 5.75 Å². The number of aromatic nitrogens is 2. The van der Waals surface area contributed by atoms with Gasteiger partial charge in [-0.2, -0.15) is 12.6 Å². The van der Waals surface area contributed by atoms with Gasteiger partial charge in [-0.3, -0.25) is 57.5 Å². The SMILES string of the molecule is CC[C@H](C)[C@H](NC(=O)[C@H](Cc1ccccc1)NC(=O)[C@H](Cc1ccccc1)NC(=O)[C@@H](NC(=O)[C@H](CO)NC(=O)[C@H](CO)NC(=O)[C@H](Cc1ccc(O)cc1)NC(=O)[C@H](CC(N)=O)NC(=O)[C@@H](N)CCCCN)[C@@H](C)CC)C(=O)N[C@@H](Cc1cnc[nH]1)C(=O)N[C@@H](C)C(=O)N[C@@H](CS)C(=O)O. The first kappa shape index (κ1) is 83.4. The number of H-pyrrole nitrogens is 1. The molecule has 3 aromatic carbocycles. The van der Waals surface area contributed by atoms with E-state index in [0.29, 0.717) is 48.2 Å². The van der Waals surface area contributed by atoms with Crippen molar-refractivity contribution in [2.24, 2.45) is 29.0 Å². The Bertz CT molecular complexity index is 3390. The Morgan fingerprint density at radius 3 is 1.29 bits per heavy atom. The lowest BCUT2D eigenvalue weighted by Crippen LogP contribution is -2.63. The summed E-state index contributed by atoms with van der Waals surface area (Å²) in [6, 6.07) is 4.27. The average Bonchev–Trinajstić information content (AvgIpc) is 0.894. The smallest absolute Gasteiger partial charge is 0.327 e. The maximum Gasteiger partial charge on any atom is 0.327 e. The van der Waals surface area contributed by atoms with E-state index < -0.39 is 181 Å². The number of hydrogen-bond donors (Lipinski definition) is 20. The van der Waals surface area contributed by atoms with Crippen LogP contribution in [0.1, 0.15) is 95.5 Å². The number of unbranched alkanes of at least 4 members (excludes halogenated alkanes) is 1. The molecule has 22 N–H and O–H groups in total. The fraction of sp³-hybridized carbons (Fsp3) is 0.493. The summed E-state index contributed by atoms with van der Waals surface area (Å²) in [6.45, 7) is 6.11. The molecule has 0 aliphatic heterocycles. The van der Waals surface area contributed by atoms with Crippen LogP contribution in [0, 0.1) is 11.8 Å². The third-order valence-corrected chi connectivity index (χ3v) is 16.9. The quantitative estimate of drug-likeness (QED) is 0.0149. The molecule has 0 saturated carbocycles. The van der Waals surface area contributed by atoms with E-state index in [2.05, 4.69) is 81.1 Å². The number of carboxylic acid groups (broad SMARTS) is 1. The molecule has 0 radical (unpaired) electrons. The Balaban J connectivity index is 1.60. The number of primary amides is 1. The third kappa shape index (κ3) is 27.9. The Labute approximate surface area is 589 Å². The summed E-state index contributed by atoms with van der Waals surface area (Å²) in [7, 11) is 0. The van der Waals surface area contributed by atoms with Gasteiger partial charge in [0.2, 0.25) is 70.9 Å². The molecule has 0 spiro atoms. The third-order valence-electron chi connectivity index (χ3n) is 16.6. The lowest BCUT2D eigenvalue weighted by atomic mass is 9.96. The number of carboxylic acids is 1. The van der Waals surface area contributed by atoms with Crippen molar-refractivity contribution in [2.75, 3.05) is 25.5 Å². The zero-order valence-electron chi connectivity index (χ0n) is 56.9. The fourth-order valence-electron chi connectivity index (χ4n) is 10.1. The van der Waals surface area contributed by atoms with E-state index in [1.165, 1.54) is 43.7 Å². The molecule has 12 amide bonds. The number of nitrogens with two attached hydrogens (primary N) is 3. The summed E-state index contributed by atoms with van der Waals surface area (Å²) in [6.07, 6.45) is 2.87. The molecule has 0 unspecified atom stereocenters. The number of aliphatic hydroxyl groups excluding tert-OH is 2. The van der Waals surface area contributed by atoms with Crippen LogP contribution < -0.4 is 75.7 Å². The second kappa shape index (κ2) is 42.8. The number of nitrogens with one attached hydrogen (secondary N) is 12. The molecule has 1 heterocycles. The minimum absolute atomic E-state index is 0.145. The molecule has 1 aromatic heterocycles. The second-order valence-electron chi connectivity index (χ2n) is 24.4. The highest BCUT2D eigenvalue weighted by Gasteiger charge is 2.39. The van der Waals surface area contributed by atoms with Crippen molar-refractivity contribution in [1.82, 2.24) is 68.5 Å². The lowest BCUT2D eigenvalue weighted by Gasteiger charge is -2.30. The Morgan fingerprint density at radius 1 is 0.485 bits per heavy atom. The second-order valence-corrected chi connectivity index (χ2v) is 24.8. The predicted octanol–water partition coefficient (Wildman–Crippen LogP) is -3.84. The van der Waals surface area contributed by atoms with Crippen LogP contribution in [0.15, 0.2) is 97.5 Å². The molecule has 101 heavy (non-hydrogen) atoms. The number of aromatic hydroxyl groups is 1. The largest absolute Gasteiger partial charge is 0.508 e. The standard InChI is InChI=1S/C67H96N16O17S/c1-6-36(3)54(66(98)78-48(29-42-31-71-35-72-42)58(90)73-38(5)56(88)81-52(34-101)67(99)100)82-62(94)47(27-40-18-12-9-13-19-40)76-59(91)46(26-39-16-10-8-11-17-39)77-65(97)55(37(4)7-2)83-64(96)51(33-85)80-63(95)50(32-84)79-60(92)45(28-41-21-23-43(86)24-22-41)75-61(93)49(30-53(70)87)74-57(89)44(69)20-14-15-25-68/h8-13,16-19,21-24,31,35-38,44-52,54-55,84-86,101H,6-7,14-15,20,25-30,32-34,68-69H2,1-5H3,(H2,70,87)(H,71,72)(H,73,90)(H,74,89)(H,75,93)(H,76,91)(H,77,97)(H,78,98)(H,79,92)(H,80,95)(H,81,88)(H,82,94)(H,83,96)(H,99,100)/t36-,37-,38-,44-,45-,46-,47-,48-,49-,50-,51-,52-,54-,55-/m0/s1. The number of rotatable bonds is 44. The van der Waals surface area contributed by atoms with Crippen molar-refractivity contribution in [3.63, 3.8) is 0 Å². The van der Waals surface area contributed by atoms with Gasteiger partial charge < -0.3 is 101 Å². The highest BCUT2D eigenvalue weighted by molar-refractivity contribution is 7.80. The Morgan fingerprint density at radius 2 is 0.871 bits per heavy atom. The van der Waals surface area contributed by atoms with Gasteiger partial charge in [0.25, 0.3) is 0 Å². The number of phenolic OH excluding ortho intramolecular Hbond substituents is 1. The Kier molecular flexibility index (Phi) is 35.4. The van der Waals surface area contributed by atoms with Gasteiger partial charge in [-0.1, -0.05) is 120 Å². The van der Waals surface area contributed by atoms with E-state index >= 15 is 0 Å². The topological polar surface area (TPSA) is 542 Å². The first-order valence-corrected chi connectivity index (χ1v) is 33.7. The first-order chi connectivity index (χ1) is 48.1. The maximum atomic E-state index is 14.9. The summed E-state index contributed by atoms with van der Waals surface area (Å²) in [5.74, 6) is -14.7. The minimum Gasteiger partial charge on any atom is -0.508 e. The van der Waals surface area contributed by atoms with Crippen molar-refractivity contribution in [1.29, 1.82) is 0 Å². The number of aliphatic hydroxyl groups is 2. The number of imidazole rings is 1. The summed E-state index contributed by atoms with van der Waals surface area (Å²) in [5.41, 5.74) is 18.8. The monoisotopic (exact) mass is 1430 g/mol. The molecular formula is C67H96N16O17S. The fourth-order valence-corrected chi connectivity index (χ4v) is 10.4. The highest BCUT2D eigenvalue weighted by atomic mass is 32.1. The summed E-state index contributed by atoms with van der Waals surface area (Å²) in [4.78, 5) is 186. The number of benzene rings is 3. The van der Waals surface area contributed by atoms with Crippen LogP contribution >= 0.6 is 12.6 Å². The van der Waals surface area contributed by atoms with Crippen molar-refractivity contribution in [2.45, 2.75) is 171 Å². The number of hydrogen-bond acceptors (Lipinski definition) is 20. The molecule has 14 atom stereocenters. The van der Waals surface area contributed by atoms with E-state index in [4.69, 9.17) is 17.2 Å². The molecule has 4 aromatic rings. The van der Waals surface area contributed by atoms with Crippen LogP contribution in [-0.2, 0) is 88.0 Å². The van der Waals surface area contributed by atoms with Crippen molar-refractivity contribution >= 4 is 89.5 Å². The average molecular weight is 1430 g/mol. The molecule has 0 saturated heterocycles. The zero-order valence-corrected chi connectivity index (χ0v) is 57.8. The van der Waals surface area contributed by atoms with Gasteiger partial charge in [-0.05, 0) is 67.0 Å². The molecule has 33 nitrogen and oxygen atoms in total. The summed E-state index contributed by atoms with van der Waals surface area (Å²) in [5, 5.41) is 68.0. The number of thiol groups is 1. The number of amides is 12. The van der Waals surface area contributed by atoms with Crippen LogP contribution in [0.2, 0.25) is 0 Å². The van der Waals surface area contributed by atoms with Gasteiger partial charge in [0, 0.05) is 43.3 Å². The molecule has 0 bridgehead atoms. The van der Waals surface area contributed by atoms with E-state index in [0.717, 1.165) is 0 Å². The van der Waals surface area contributed by atoms with Gasteiger partial charge in [0.05, 0.1) is 32.0 Å². The van der Waals surface area contributed by atoms with Crippen LogP contribution in [0.5, 0.6) is 5.75 Å². The summed E-state index contributed by atoms with van der Waals surface area (Å²) < 4.78 is 0. The van der Waals surface area contributed by atoms with Crippen LogP contribution in [0.25, 0.3) is 0 Å². The van der Waals surface area contributed by atoms with E-state index in [-0.39, 0.29) is 50.0 Å². The van der Waals surface area contributed by atoms with Crippen LogP contribution in [0.3, 0.4) is 0 Å². The Hall–Kier alpha value is -10.0. The maximum absolute atomic E-state index is 14.9. The van der Waals surface area contributed by atoms with E-state index in [9.17, 15) is 82.8 Å². The van der Waals surface area contributed by atoms with Crippen LogP contribution in [-0.4, -0.2) is 205 Å². The van der Waals surface area contributed by atoms with E-state index in [1.54, 1.807) is 88.4 Å². The van der Waals surface area contributed by atoms with Crippen LogP contribution in [0.4, 0.5) is 0 Å². The molecule has 34 heteroatoms. The molecular weight excluding hydrogens is 1330 g/mol.